The van der Waals surface area contributed by atoms with E-state index in [1.807, 2.05) is 12.3 Å². The minimum atomic E-state index is 0.464. The van der Waals surface area contributed by atoms with Gasteiger partial charge < -0.3 is 15.6 Å². The Kier molecular flexibility index (Phi) is 4.43. The van der Waals surface area contributed by atoms with Crippen LogP contribution in [0, 0.1) is 0 Å². The summed E-state index contributed by atoms with van der Waals surface area (Å²) in [4.78, 5) is 8.12. The average molecular weight is 409 g/mol. The number of aromatic nitrogens is 4. The Morgan fingerprint density at radius 1 is 0.871 bits per heavy atom. The molecule has 2 aromatic carbocycles. The van der Waals surface area contributed by atoms with Crippen LogP contribution in [-0.2, 0) is 0 Å². The van der Waals surface area contributed by atoms with Crippen molar-refractivity contribution in [3.63, 3.8) is 0 Å². The molecule has 31 heavy (non-hydrogen) atoms. The molecular weight excluding hydrogens is 384 g/mol. The van der Waals surface area contributed by atoms with Crippen molar-refractivity contribution < 1.29 is 0 Å². The molecule has 6 nitrogen and oxygen atoms in total. The maximum Gasteiger partial charge on any atom is 0.155 e. The van der Waals surface area contributed by atoms with Crippen molar-refractivity contribution in [3.8, 4) is 22.4 Å². The number of anilines is 1. The van der Waals surface area contributed by atoms with Crippen LogP contribution in [0.4, 0.5) is 5.82 Å². The van der Waals surface area contributed by atoms with E-state index in [9.17, 15) is 0 Å². The van der Waals surface area contributed by atoms with E-state index in [4.69, 9.17) is 0 Å². The molecular formula is C25H24N6. The maximum absolute atomic E-state index is 4.69. The van der Waals surface area contributed by atoms with Crippen LogP contribution >= 0.6 is 0 Å². The fourth-order valence-electron chi connectivity index (χ4n) is 4.41. The molecule has 1 aliphatic rings. The normalized spacial score (nSPS) is 15.0. The number of nitrogens with zero attached hydrogens (tertiary/aromatic N) is 2. The summed E-state index contributed by atoms with van der Waals surface area (Å²) >= 11 is 0. The van der Waals surface area contributed by atoms with Crippen LogP contribution in [0.5, 0.6) is 0 Å². The zero-order chi connectivity index (χ0) is 20.6. The van der Waals surface area contributed by atoms with E-state index in [0.29, 0.717) is 6.04 Å². The Bertz CT molecular complexity index is 1340. The lowest BCUT2D eigenvalue weighted by atomic mass is 10.0. The highest BCUT2D eigenvalue weighted by molar-refractivity contribution is 5.94. The summed E-state index contributed by atoms with van der Waals surface area (Å²) in [5.74, 6) is 0.936. The minimum Gasteiger partial charge on any atom is -0.365 e. The van der Waals surface area contributed by atoms with Gasteiger partial charge in [0.15, 0.2) is 5.82 Å². The Morgan fingerprint density at radius 3 is 2.61 bits per heavy atom. The highest BCUT2D eigenvalue weighted by Gasteiger charge is 2.16. The highest BCUT2D eigenvalue weighted by atomic mass is 15.2. The molecule has 1 aliphatic heterocycles. The topological polar surface area (TPSA) is 81.4 Å². The van der Waals surface area contributed by atoms with Crippen LogP contribution < -0.4 is 10.6 Å². The fraction of sp³-hybridized carbons (Fsp3) is 0.200. The largest absolute Gasteiger partial charge is 0.365 e. The fourth-order valence-corrected chi connectivity index (χ4v) is 4.41. The van der Waals surface area contributed by atoms with Gasteiger partial charge >= 0.3 is 0 Å². The van der Waals surface area contributed by atoms with Crippen LogP contribution in [0.1, 0.15) is 12.8 Å². The third-order valence-corrected chi connectivity index (χ3v) is 6.13. The van der Waals surface area contributed by atoms with Gasteiger partial charge in [-0.25, -0.2) is 4.98 Å². The number of piperidine rings is 1. The van der Waals surface area contributed by atoms with E-state index in [1.165, 1.54) is 0 Å². The number of fused-ring (bicyclic) bond motifs is 2. The lowest BCUT2D eigenvalue weighted by Gasteiger charge is -2.23. The van der Waals surface area contributed by atoms with Crippen LogP contribution in [0.25, 0.3) is 44.3 Å². The summed E-state index contributed by atoms with van der Waals surface area (Å²) < 4.78 is 0. The van der Waals surface area contributed by atoms with Gasteiger partial charge in [-0.3, -0.25) is 5.10 Å². The quantitative estimate of drug-likeness (QED) is 0.340. The van der Waals surface area contributed by atoms with Gasteiger partial charge in [0.05, 0.1) is 5.52 Å². The molecule has 0 unspecified atom stereocenters. The van der Waals surface area contributed by atoms with E-state index in [2.05, 4.69) is 85.4 Å². The number of pyridine rings is 1. The van der Waals surface area contributed by atoms with Gasteiger partial charge in [-0.15, -0.1) is 0 Å². The van der Waals surface area contributed by atoms with Crippen molar-refractivity contribution in [1.29, 1.82) is 0 Å². The van der Waals surface area contributed by atoms with Crippen molar-refractivity contribution in [3.05, 3.63) is 66.9 Å². The van der Waals surface area contributed by atoms with Crippen molar-refractivity contribution >= 4 is 27.8 Å². The summed E-state index contributed by atoms with van der Waals surface area (Å²) in [6.07, 6.45) is 4.17. The molecule has 0 atom stereocenters. The second kappa shape index (κ2) is 7.56. The Hall–Kier alpha value is -3.64. The van der Waals surface area contributed by atoms with Crippen LogP contribution in [0.15, 0.2) is 66.9 Å². The molecule has 6 rings (SSSR count). The first-order valence-corrected chi connectivity index (χ1v) is 10.8. The van der Waals surface area contributed by atoms with Crippen molar-refractivity contribution in [1.82, 2.24) is 25.5 Å². The van der Waals surface area contributed by atoms with Crippen molar-refractivity contribution in [2.45, 2.75) is 18.9 Å². The molecule has 4 N–H and O–H groups in total. The van der Waals surface area contributed by atoms with E-state index in [1.54, 1.807) is 0 Å². The zero-order valence-corrected chi connectivity index (χ0v) is 17.2. The molecule has 0 amide bonds. The number of benzene rings is 2. The van der Waals surface area contributed by atoms with Gasteiger partial charge in [-0.05, 0) is 61.3 Å². The Labute approximate surface area is 180 Å². The first-order chi connectivity index (χ1) is 15.3. The summed E-state index contributed by atoms with van der Waals surface area (Å²) in [7, 11) is 0. The molecule has 0 bridgehead atoms. The monoisotopic (exact) mass is 408 g/mol. The molecule has 4 heterocycles. The van der Waals surface area contributed by atoms with Crippen molar-refractivity contribution in [2.24, 2.45) is 0 Å². The molecule has 154 valence electrons. The standard InChI is InChI=1S/C25H24N6/c1-2-4-16(5-3-1)23-14-18-12-19(15-27-24(18)29-23)17-6-7-22-21(13-17)25(31-30-22)28-20-8-10-26-11-9-20/h1-7,12-15,20,26H,8-11H2,(H,27,29)(H2,28,30,31). The second-order valence-corrected chi connectivity index (χ2v) is 8.21. The summed E-state index contributed by atoms with van der Waals surface area (Å²) in [5.41, 5.74) is 6.43. The molecule has 0 radical (unpaired) electrons. The third-order valence-electron chi connectivity index (χ3n) is 6.13. The number of hydrogen-bond donors (Lipinski definition) is 4. The molecule has 0 aliphatic carbocycles. The van der Waals surface area contributed by atoms with E-state index < -0.39 is 0 Å². The highest BCUT2D eigenvalue weighted by Crippen LogP contribution is 2.31. The predicted molar refractivity (Wildman–Crippen MR) is 126 cm³/mol. The minimum absolute atomic E-state index is 0.464. The number of rotatable bonds is 4. The summed E-state index contributed by atoms with van der Waals surface area (Å²) in [6.45, 7) is 2.11. The lowest BCUT2D eigenvalue weighted by Crippen LogP contribution is -2.35. The Morgan fingerprint density at radius 2 is 1.74 bits per heavy atom. The summed E-state index contributed by atoms with van der Waals surface area (Å²) in [6, 6.07) is 21.6. The average Bonchev–Trinajstić information content (AvgIpc) is 3.44. The first-order valence-electron chi connectivity index (χ1n) is 10.8. The van der Waals surface area contributed by atoms with Crippen LogP contribution in [-0.4, -0.2) is 39.3 Å². The number of H-pyrrole nitrogens is 2. The molecule has 5 aromatic rings. The molecule has 6 heteroatoms. The predicted octanol–water partition coefficient (Wildman–Crippen LogP) is 4.94. The van der Waals surface area contributed by atoms with Crippen LogP contribution in [0.2, 0.25) is 0 Å². The van der Waals surface area contributed by atoms with Gasteiger partial charge in [-0.1, -0.05) is 36.4 Å². The molecule has 3 aromatic heterocycles. The van der Waals surface area contributed by atoms with Gasteiger partial charge in [0.1, 0.15) is 5.65 Å². The number of hydrogen-bond acceptors (Lipinski definition) is 4. The summed E-state index contributed by atoms with van der Waals surface area (Å²) in [5, 5.41) is 17.0. The van der Waals surface area contributed by atoms with Gasteiger partial charge in [0.2, 0.25) is 0 Å². The smallest absolute Gasteiger partial charge is 0.155 e. The number of aromatic amines is 2. The first kappa shape index (κ1) is 18.2. The third kappa shape index (κ3) is 3.45. The van der Waals surface area contributed by atoms with Gasteiger partial charge in [-0.2, -0.15) is 5.10 Å². The van der Waals surface area contributed by atoms with Crippen LogP contribution in [0.3, 0.4) is 0 Å². The molecule has 1 saturated heterocycles. The number of nitrogens with one attached hydrogen (secondary N) is 4. The second-order valence-electron chi connectivity index (χ2n) is 8.21. The van der Waals surface area contributed by atoms with E-state index >= 15 is 0 Å². The zero-order valence-electron chi connectivity index (χ0n) is 17.2. The Balaban J connectivity index is 1.35. The van der Waals surface area contributed by atoms with E-state index in [0.717, 1.165) is 76.1 Å². The lowest BCUT2D eigenvalue weighted by molar-refractivity contribution is 0.478. The van der Waals surface area contributed by atoms with E-state index in [-0.39, 0.29) is 0 Å². The van der Waals surface area contributed by atoms with Gasteiger partial charge in [0.25, 0.3) is 0 Å². The van der Waals surface area contributed by atoms with Gasteiger partial charge in [0, 0.05) is 34.3 Å². The molecule has 1 fully saturated rings. The van der Waals surface area contributed by atoms with Crippen molar-refractivity contribution in [2.75, 3.05) is 18.4 Å². The maximum atomic E-state index is 4.69. The molecule has 0 spiro atoms. The SMILES string of the molecule is c1ccc(-c2cc3cc(-c4ccc5[nH]nc(NC6CCNCC6)c5c4)cnc3[nH]2)cc1. The molecule has 0 saturated carbocycles.